The maximum Gasteiger partial charge on any atom is 0.184 e. The number of hydrogen-bond donors (Lipinski definition) is 2. The van der Waals surface area contributed by atoms with E-state index in [1.165, 1.54) is 44.4 Å². The highest BCUT2D eigenvalue weighted by Crippen LogP contribution is 2.27. The van der Waals surface area contributed by atoms with Crippen molar-refractivity contribution in [3.63, 3.8) is 0 Å². The van der Waals surface area contributed by atoms with E-state index in [0.29, 0.717) is 18.8 Å². The molecule has 0 amide bonds. The largest absolute Gasteiger partial charge is 0.375 e. The molecular weight excluding hydrogens is 368 g/mol. The highest BCUT2D eigenvalue weighted by Gasteiger charge is 2.23. The molecule has 0 unspecified atom stereocenters. The molecule has 1 aromatic rings. The van der Waals surface area contributed by atoms with E-state index < -0.39 is 11.6 Å². The number of nitrogens with one attached hydrogen (secondary N) is 1. The van der Waals surface area contributed by atoms with E-state index >= 15 is 0 Å². The van der Waals surface area contributed by atoms with Crippen LogP contribution in [0.4, 0.5) is 14.5 Å². The van der Waals surface area contributed by atoms with Crippen molar-refractivity contribution in [2.45, 2.75) is 32.1 Å². The van der Waals surface area contributed by atoms with Gasteiger partial charge in [0.2, 0.25) is 0 Å². The second-order valence-electron chi connectivity index (χ2n) is 7.35. The van der Waals surface area contributed by atoms with Crippen LogP contribution < -0.4 is 16.1 Å². The first kappa shape index (κ1) is 19.9. The van der Waals surface area contributed by atoms with Crippen LogP contribution in [0.5, 0.6) is 0 Å². The number of nitrogens with zero attached hydrogens (tertiary/aromatic N) is 3. The summed E-state index contributed by atoms with van der Waals surface area (Å²) in [5.41, 5.74) is 7.94. The summed E-state index contributed by atoms with van der Waals surface area (Å²) < 4.78 is 28.8. The molecule has 0 atom stereocenters. The number of hydrogen-bond acceptors (Lipinski definition) is 4. The summed E-state index contributed by atoms with van der Waals surface area (Å²) in [6, 6.07) is 2.40. The Bertz CT molecular complexity index is 683. The summed E-state index contributed by atoms with van der Waals surface area (Å²) in [6.07, 6.45) is 7.88. The van der Waals surface area contributed by atoms with Crippen molar-refractivity contribution in [3.05, 3.63) is 29.3 Å². The molecule has 27 heavy (non-hydrogen) atoms. The van der Waals surface area contributed by atoms with Crippen LogP contribution in [0.15, 0.2) is 17.2 Å². The number of anilines is 1. The Morgan fingerprint density at radius 3 is 2.52 bits per heavy atom. The molecule has 2 fully saturated rings. The number of benzene rings is 1. The molecular formula is C19H27F2N5S. The van der Waals surface area contributed by atoms with Gasteiger partial charge in [0.25, 0.3) is 0 Å². The predicted molar refractivity (Wildman–Crippen MR) is 109 cm³/mol. The lowest BCUT2D eigenvalue weighted by Gasteiger charge is -2.38. The molecule has 8 heteroatoms. The Morgan fingerprint density at radius 1 is 1.15 bits per heavy atom. The van der Waals surface area contributed by atoms with Gasteiger partial charge in [-0.15, -0.1) is 0 Å². The number of piperazine rings is 1. The van der Waals surface area contributed by atoms with E-state index in [9.17, 15) is 8.78 Å². The topological polar surface area (TPSA) is 56.9 Å². The third kappa shape index (κ3) is 5.59. The Morgan fingerprint density at radius 2 is 1.85 bits per heavy atom. The molecule has 1 heterocycles. The smallest absolute Gasteiger partial charge is 0.184 e. The van der Waals surface area contributed by atoms with Crippen molar-refractivity contribution in [2.24, 2.45) is 16.8 Å². The quantitative estimate of drug-likeness (QED) is 0.456. The van der Waals surface area contributed by atoms with Crippen LogP contribution in [-0.4, -0.2) is 49.0 Å². The van der Waals surface area contributed by atoms with Gasteiger partial charge in [-0.05, 0) is 37.0 Å². The van der Waals surface area contributed by atoms with E-state index in [-0.39, 0.29) is 10.7 Å². The van der Waals surface area contributed by atoms with Gasteiger partial charge in [-0.2, -0.15) is 5.10 Å². The van der Waals surface area contributed by atoms with Gasteiger partial charge in [-0.25, -0.2) is 8.78 Å². The molecule has 148 valence electrons. The molecule has 1 aliphatic carbocycles. The number of nitrogens with two attached hydrogens (primary N) is 1. The number of rotatable bonds is 5. The highest BCUT2D eigenvalue weighted by atomic mass is 32.1. The number of hydrazone groups is 1. The average molecular weight is 396 g/mol. The fourth-order valence-corrected chi connectivity index (χ4v) is 4.02. The number of thiocarbonyl (C=S) groups is 1. The van der Waals surface area contributed by atoms with Gasteiger partial charge in [0.05, 0.1) is 11.9 Å². The summed E-state index contributed by atoms with van der Waals surface area (Å²) in [7, 11) is 0. The second-order valence-corrected chi connectivity index (χ2v) is 7.79. The van der Waals surface area contributed by atoms with Crippen molar-refractivity contribution < 1.29 is 8.78 Å². The minimum absolute atomic E-state index is 0.0325. The molecule has 1 aliphatic heterocycles. The molecule has 1 saturated heterocycles. The van der Waals surface area contributed by atoms with E-state index in [1.807, 2.05) is 4.90 Å². The molecule has 0 radical (unpaired) electrons. The zero-order valence-electron chi connectivity index (χ0n) is 15.5. The zero-order chi connectivity index (χ0) is 19.2. The molecule has 1 aromatic carbocycles. The van der Waals surface area contributed by atoms with Gasteiger partial charge in [-0.3, -0.25) is 10.3 Å². The molecule has 3 rings (SSSR count). The van der Waals surface area contributed by atoms with Crippen LogP contribution in [0.25, 0.3) is 0 Å². The van der Waals surface area contributed by atoms with Crippen molar-refractivity contribution in [1.29, 1.82) is 0 Å². The van der Waals surface area contributed by atoms with Gasteiger partial charge >= 0.3 is 0 Å². The minimum Gasteiger partial charge on any atom is -0.375 e. The van der Waals surface area contributed by atoms with Crippen molar-refractivity contribution in [1.82, 2.24) is 10.3 Å². The van der Waals surface area contributed by atoms with Crippen molar-refractivity contribution in [2.75, 3.05) is 37.6 Å². The zero-order valence-corrected chi connectivity index (χ0v) is 16.3. The van der Waals surface area contributed by atoms with Crippen LogP contribution in [0, 0.1) is 17.6 Å². The first-order chi connectivity index (χ1) is 13.0. The lowest BCUT2D eigenvalue weighted by molar-refractivity contribution is 0.191. The third-order valence-corrected chi connectivity index (χ3v) is 5.49. The predicted octanol–water partition coefficient (Wildman–Crippen LogP) is 2.83. The summed E-state index contributed by atoms with van der Waals surface area (Å²) in [6.45, 7) is 4.33. The maximum atomic E-state index is 14.5. The SMILES string of the molecule is NC(=S)N/N=C/c1cc(F)c(N2CCN(CC3CCCCC3)CC2)cc1F. The Kier molecular flexibility index (Phi) is 6.95. The van der Waals surface area contributed by atoms with Gasteiger partial charge in [-0.1, -0.05) is 19.3 Å². The van der Waals surface area contributed by atoms with Crippen molar-refractivity contribution >= 4 is 29.2 Å². The minimum atomic E-state index is -0.524. The average Bonchev–Trinajstić information content (AvgIpc) is 2.65. The van der Waals surface area contributed by atoms with Gasteiger partial charge < -0.3 is 10.6 Å². The van der Waals surface area contributed by atoms with Gasteiger partial charge in [0.15, 0.2) is 5.11 Å². The van der Waals surface area contributed by atoms with Crippen LogP contribution in [0.2, 0.25) is 0 Å². The fourth-order valence-electron chi connectivity index (χ4n) is 3.96. The Balaban J connectivity index is 1.58. The van der Waals surface area contributed by atoms with E-state index in [2.05, 4.69) is 27.6 Å². The molecule has 1 saturated carbocycles. The monoisotopic (exact) mass is 395 g/mol. The van der Waals surface area contributed by atoms with Crippen LogP contribution in [0.3, 0.4) is 0 Å². The van der Waals surface area contributed by atoms with Crippen molar-refractivity contribution in [3.8, 4) is 0 Å². The summed E-state index contributed by atoms with van der Waals surface area (Å²) in [5.74, 6) is -0.175. The lowest BCUT2D eigenvalue weighted by Crippen LogP contribution is -2.48. The van der Waals surface area contributed by atoms with E-state index in [4.69, 9.17) is 5.73 Å². The summed E-state index contributed by atoms with van der Waals surface area (Å²) >= 11 is 4.61. The molecule has 0 spiro atoms. The van der Waals surface area contributed by atoms with E-state index in [1.54, 1.807) is 0 Å². The van der Waals surface area contributed by atoms with Crippen LogP contribution >= 0.6 is 12.2 Å². The lowest BCUT2D eigenvalue weighted by atomic mass is 9.89. The molecule has 2 aliphatic rings. The van der Waals surface area contributed by atoms with Crippen LogP contribution in [-0.2, 0) is 0 Å². The summed E-state index contributed by atoms with van der Waals surface area (Å²) in [4.78, 5) is 4.38. The highest BCUT2D eigenvalue weighted by molar-refractivity contribution is 7.80. The second kappa shape index (κ2) is 9.41. The Hall–Kier alpha value is -1.80. The number of halogens is 2. The molecule has 0 aromatic heterocycles. The molecule has 0 bridgehead atoms. The first-order valence-corrected chi connectivity index (χ1v) is 9.98. The Labute approximate surface area is 164 Å². The molecule has 5 nitrogen and oxygen atoms in total. The fraction of sp³-hybridized carbons (Fsp3) is 0.579. The van der Waals surface area contributed by atoms with E-state index in [0.717, 1.165) is 31.6 Å². The van der Waals surface area contributed by atoms with Crippen LogP contribution in [0.1, 0.15) is 37.7 Å². The van der Waals surface area contributed by atoms with Gasteiger partial charge in [0, 0.05) is 44.4 Å². The third-order valence-electron chi connectivity index (χ3n) is 5.40. The molecule has 3 N–H and O–H groups in total. The first-order valence-electron chi connectivity index (χ1n) is 9.58. The maximum absolute atomic E-state index is 14.5. The summed E-state index contributed by atoms with van der Waals surface area (Å²) in [5, 5.41) is 3.65. The van der Waals surface area contributed by atoms with Gasteiger partial charge in [0.1, 0.15) is 11.6 Å². The normalized spacial score (nSPS) is 19.6. The standard InChI is InChI=1S/C19H27F2N5S/c20-16-11-18(17(21)10-15(16)12-23-24-19(22)27)26-8-6-25(7-9-26)13-14-4-2-1-3-5-14/h10-12,14H,1-9,13H2,(H3,22,24,27)/b23-12+.